The predicted octanol–water partition coefficient (Wildman–Crippen LogP) is 0.906. The van der Waals surface area contributed by atoms with Crippen molar-refractivity contribution in [2.24, 2.45) is 0 Å². The molecule has 5 N–H and O–H groups in total. The van der Waals surface area contributed by atoms with Gasteiger partial charge in [-0.2, -0.15) is 0 Å². The molecule has 5 atom stereocenters. The summed E-state index contributed by atoms with van der Waals surface area (Å²) < 4.78 is 12.1. The van der Waals surface area contributed by atoms with Crippen molar-refractivity contribution in [1.29, 1.82) is 0 Å². The molecule has 1 amide bonds. The first-order valence-corrected chi connectivity index (χ1v) is 9.02. The lowest BCUT2D eigenvalue weighted by Crippen LogP contribution is -2.65. The molecule has 1 saturated heterocycles. The number of amides is 1. The Balaban J connectivity index is 1.95. The summed E-state index contributed by atoms with van der Waals surface area (Å²) in [6.07, 6.45) is -3.40. The molecule has 1 aliphatic rings. The normalized spacial score (nSPS) is 28.9. The molecule has 10 heteroatoms. The molecule has 3 rings (SSSR count). The topological polar surface area (TPSA) is 124 Å². The fourth-order valence-corrected chi connectivity index (χ4v) is 3.50. The maximum atomic E-state index is 11.5. The Bertz CT molecular complexity index is 815. The standard InChI is InChI=1S/C16H18BrClN2O6/c1-6(22)20-13-15(24)14(23)10(5-21)26-16(13)25-9-4-19-8-3-2-7(17)12(18)11(8)9/h2-4,10,13-16,19,21,23-24H,5H2,1H3,(H,20,22)/t10?,13-,14+,15?,16+/m0/s1. The largest absolute Gasteiger partial charge is 0.460 e. The molecule has 8 nitrogen and oxygen atoms in total. The number of fused-ring (bicyclic) bond motifs is 1. The number of aromatic nitrogens is 1. The van der Waals surface area contributed by atoms with Gasteiger partial charge in [0.25, 0.3) is 0 Å². The number of carbonyl (C=O) groups excluding carboxylic acids is 1. The van der Waals surface area contributed by atoms with Gasteiger partial charge in [0, 0.05) is 17.6 Å². The predicted molar refractivity (Wildman–Crippen MR) is 97.0 cm³/mol. The van der Waals surface area contributed by atoms with Crippen LogP contribution in [0.2, 0.25) is 5.02 Å². The second-order valence-electron chi connectivity index (χ2n) is 5.99. The molecule has 2 aromatic rings. The minimum Gasteiger partial charge on any atom is -0.460 e. The number of hydrogen-bond donors (Lipinski definition) is 5. The first-order valence-electron chi connectivity index (χ1n) is 7.84. The van der Waals surface area contributed by atoms with Crippen molar-refractivity contribution >= 4 is 44.3 Å². The number of halogens is 2. The third-order valence-electron chi connectivity index (χ3n) is 4.19. The van der Waals surface area contributed by atoms with Gasteiger partial charge in [0.15, 0.2) is 0 Å². The Morgan fingerprint density at radius 3 is 2.81 bits per heavy atom. The lowest BCUT2D eigenvalue weighted by Gasteiger charge is -2.41. The quantitative estimate of drug-likeness (QED) is 0.473. The van der Waals surface area contributed by atoms with Gasteiger partial charge in [-0.1, -0.05) is 11.6 Å². The fraction of sp³-hybridized carbons (Fsp3) is 0.438. The Morgan fingerprint density at radius 2 is 2.15 bits per heavy atom. The van der Waals surface area contributed by atoms with Crippen LogP contribution in [0.4, 0.5) is 0 Å². The van der Waals surface area contributed by atoms with Gasteiger partial charge in [0.05, 0.1) is 22.5 Å². The van der Waals surface area contributed by atoms with Gasteiger partial charge in [-0.25, -0.2) is 0 Å². The van der Waals surface area contributed by atoms with Crippen LogP contribution in [-0.2, 0) is 9.53 Å². The minimum atomic E-state index is -1.39. The summed E-state index contributed by atoms with van der Waals surface area (Å²) in [6.45, 7) is 0.749. The van der Waals surface area contributed by atoms with E-state index in [1.807, 2.05) is 0 Å². The van der Waals surface area contributed by atoms with Crippen molar-refractivity contribution in [1.82, 2.24) is 10.3 Å². The van der Waals surface area contributed by atoms with Crippen LogP contribution in [0.1, 0.15) is 6.92 Å². The molecule has 1 fully saturated rings. The van der Waals surface area contributed by atoms with E-state index < -0.39 is 43.2 Å². The molecular formula is C16H18BrClN2O6. The van der Waals surface area contributed by atoms with Gasteiger partial charge < -0.3 is 35.1 Å². The number of nitrogens with one attached hydrogen (secondary N) is 2. The van der Waals surface area contributed by atoms with Crippen molar-refractivity contribution in [3.8, 4) is 5.75 Å². The molecule has 0 spiro atoms. The molecular weight excluding hydrogens is 432 g/mol. The van der Waals surface area contributed by atoms with Crippen LogP contribution in [0.25, 0.3) is 10.9 Å². The van der Waals surface area contributed by atoms with E-state index >= 15 is 0 Å². The molecule has 0 bridgehead atoms. The van der Waals surface area contributed by atoms with Gasteiger partial charge in [0.2, 0.25) is 12.2 Å². The molecule has 2 unspecified atom stereocenters. The maximum absolute atomic E-state index is 11.5. The second kappa shape index (κ2) is 7.71. The van der Waals surface area contributed by atoms with Gasteiger partial charge in [-0.05, 0) is 28.1 Å². The molecule has 142 valence electrons. The van der Waals surface area contributed by atoms with Crippen molar-refractivity contribution < 1.29 is 29.6 Å². The number of H-pyrrole nitrogens is 1. The van der Waals surface area contributed by atoms with E-state index in [1.54, 1.807) is 18.3 Å². The van der Waals surface area contributed by atoms with Crippen LogP contribution < -0.4 is 10.1 Å². The summed E-state index contributed by atoms with van der Waals surface area (Å²) in [5, 5.41) is 33.3. The summed E-state index contributed by atoms with van der Waals surface area (Å²) in [5.74, 6) is -0.0902. The molecule has 1 aromatic heterocycles. The third-order valence-corrected chi connectivity index (χ3v) is 5.48. The van der Waals surface area contributed by atoms with Gasteiger partial charge in [-0.15, -0.1) is 0 Å². The Hall–Kier alpha value is -1.36. The molecule has 0 radical (unpaired) electrons. The first kappa shape index (κ1) is 19.4. The first-order chi connectivity index (χ1) is 12.3. The maximum Gasteiger partial charge on any atom is 0.223 e. The zero-order valence-electron chi connectivity index (χ0n) is 13.6. The highest BCUT2D eigenvalue weighted by molar-refractivity contribution is 9.10. The Labute approximate surface area is 162 Å². The number of hydrogen-bond acceptors (Lipinski definition) is 6. The number of benzene rings is 1. The SMILES string of the molecule is CC(=O)N[C@H]1C(O)[C@H](O)C(CO)O[C@H]1Oc1c[nH]c2ccc(Br)c(Cl)c12. The Kier molecular flexibility index (Phi) is 5.75. The smallest absolute Gasteiger partial charge is 0.223 e. The monoisotopic (exact) mass is 448 g/mol. The lowest BCUT2D eigenvalue weighted by atomic mass is 9.97. The van der Waals surface area contributed by atoms with E-state index in [2.05, 4.69) is 26.2 Å². The van der Waals surface area contributed by atoms with E-state index in [1.165, 1.54) is 6.92 Å². The number of aliphatic hydroxyl groups is 3. The zero-order chi connectivity index (χ0) is 19.0. The number of carbonyl (C=O) groups is 1. The zero-order valence-corrected chi connectivity index (χ0v) is 16.0. The summed E-state index contributed by atoms with van der Waals surface area (Å²) in [6, 6.07) is 2.55. The highest BCUT2D eigenvalue weighted by Crippen LogP contribution is 2.38. The number of aromatic amines is 1. The highest BCUT2D eigenvalue weighted by atomic mass is 79.9. The fourth-order valence-electron chi connectivity index (χ4n) is 2.92. The van der Waals surface area contributed by atoms with Crippen LogP contribution in [-0.4, -0.2) is 63.5 Å². The summed E-state index contributed by atoms with van der Waals surface area (Å²) in [7, 11) is 0. The van der Waals surface area contributed by atoms with E-state index in [-0.39, 0.29) is 0 Å². The average Bonchev–Trinajstić information content (AvgIpc) is 3.01. The van der Waals surface area contributed by atoms with E-state index in [9.17, 15) is 20.1 Å². The number of ether oxygens (including phenoxy) is 2. The molecule has 1 aromatic carbocycles. The van der Waals surface area contributed by atoms with Gasteiger partial charge in [0.1, 0.15) is 30.1 Å². The van der Waals surface area contributed by atoms with Crippen molar-refractivity contribution in [2.75, 3.05) is 6.61 Å². The molecule has 0 saturated carbocycles. The van der Waals surface area contributed by atoms with Crippen molar-refractivity contribution in [3.05, 3.63) is 27.8 Å². The van der Waals surface area contributed by atoms with E-state index in [4.69, 9.17) is 21.1 Å². The van der Waals surface area contributed by atoms with Gasteiger partial charge in [-0.3, -0.25) is 4.79 Å². The lowest BCUT2D eigenvalue weighted by molar-refractivity contribution is -0.244. The summed E-state index contributed by atoms with van der Waals surface area (Å²) in [4.78, 5) is 14.5. The molecule has 2 heterocycles. The van der Waals surface area contributed by atoms with Crippen molar-refractivity contribution in [2.45, 2.75) is 37.6 Å². The molecule has 1 aliphatic heterocycles. The molecule has 0 aliphatic carbocycles. The van der Waals surface area contributed by atoms with Crippen molar-refractivity contribution in [3.63, 3.8) is 0 Å². The number of aliphatic hydroxyl groups excluding tert-OH is 3. The van der Waals surface area contributed by atoms with E-state index in [0.717, 1.165) is 5.52 Å². The van der Waals surface area contributed by atoms with Gasteiger partial charge >= 0.3 is 0 Å². The van der Waals surface area contributed by atoms with E-state index in [0.29, 0.717) is 20.6 Å². The van der Waals surface area contributed by atoms with Crippen LogP contribution >= 0.6 is 27.5 Å². The highest BCUT2D eigenvalue weighted by Gasteiger charge is 2.46. The minimum absolute atomic E-state index is 0.340. The third kappa shape index (κ3) is 3.55. The second-order valence-corrected chi connectivity index (χ2v) is 7.22. The number of rotatable bonds is 4. The van der Waals surface area contributed by atoms with Crippen LogP contribution in [0, 0.1) is 0 Å². The van der Waals surface area contributed by atoms with Crippen LogP contribution in [0.5, 0.6) is 5.75 Å². The van der Waals surface area contributed by atoms with Crippen LogP contribution in [0.3, 0.4) is 0 Å². The Morgan fingerprint density at radius 1 is 1.42 bits per heavy atom. The molecule has 26 heavy (non-hydrogen) atoms. The summed E-state index contributed by atoms with van der Waals surface area (Å²) in [5.41, 5.74) is 0.722. The van der Waals surface area contributed by atoms with Crippen LogP contribution in [0.15, 0.2) is 22.8 Å². The summed E-state index contributed by atoms with van der Waals surface area (Å²) >= 11 is 9.68. The average molecular weight is 450 g/mol.